The van der Waals surface area contributed by atoms with E-state index in [9.17, 15) is 13.2 Å². The van der Waals surface area contributed by atoms with Gasteiger partial charge in [0.15, 0.2) is 0 Å². The normalized spacial score (nSPS) is 16.5. The zero-order chi connectivity index (χ0) is 31.8. The smallest absolute Gasteiger partial charge is 0.303 e. The molecule has 1 N–H and O–H groups in total. The Balaban J connectivity index is 1.18. The van der Waals surface area contributed by atoms with Gasteiger partial charge in [-0.05, 0) is 77.4 Å². The number of halogens is 2. The van der Waals surface area contributed by atoms with Gasteiger partial charge in [-0.25, -0.2) is 14.0 Å². The summed E-state index contributed by atoms with van der Waals surface area (Å²) in [5.41, 5.74) is 7.30. The zero-order valence-electron chi connectivity index (χ0n) is 25.0. The topological polar surface area (TPSA) is 84.3 Å². The third-order valence-electron chi connectivity index (χ3n) is 8.87. The molecule has 1 saturated carbocycles. The van der Waals surface area contributed by atoms with Crippen molar-refractivity contribution in [3.05, 3.63) is 124 Å². The Morgan fingerprint density at radius 3 is 2.00 bits per heavy atom. The molecule has 2 aliphatic rings. The van der Waals surface area contributed by atoms with Crippen LogP contribution in [0.1, 0.15) is 55.0 Å². The molecule has 5 aromatic rings. The molecule has 2 heterocycles. The van der Waals surface area contributed by atoms with E-state index < -0.39 is 16.1 Å². The molecular weight excluding hydrogens is 639 g/mol. The van der Waals surface area contributed by atoms with Crippen molar-refractivity contribution in [2.24, 2.45) is 0 Å². The van der Waals surface area contributed by atoms with Crippen LogP contribution in [-0.2, 0) is 21.4 Å². The molecule has 2 fully saturated rings. The lowest BCUT2D eigenvalue weighted by atomic mass is 9.83. The standard InChI is InChI=1S/C36H32Cl2N4O3S/c37-31-7-4-8-32(38)36(31)33-22-41(29-17-19-30(20-18-29)42-23-35(43)40-46(42,44)45)34(39-33)21-24-9-11-26(12-10-24)28-15-13-27(14-16-28)25-5-2-1-3-6-25/h4,7-20,22,25H,1-3,5-6,21,23H2,(H,40,43). The van der Waals surface area contributed by atoms with Crippen LogP contribution in [0.4, 0.5) is 5.69 Å². The minimum absolute atomic E-state index is 0.256. The quantitative estimate of drug-likeness (QED) is 0.189. The number of nitrogens with one attached hydrogen (secondary N) is 1. The highest BCUT2D eigenvalue weighted by Gasteiger charge is 2.34. The molecule has 0 bridgehead atoms. The van der Waals surface area contributed by atoms with Gasteiger partial charge in [-0.1, -0.05) is 97.1 Å². The highest BCUT2D eigenvalue weighted by Crippen LogP contribution is 2.36. The van der Waals surface area contributed by atoms with Crippen molar-refractivity contribution in [1.82, 2.24) is 14.3 Å². The monoisotopic (exact) mass is 670 g/mol. The lowest BCUT2D eigenvalue weighted by molar-refractivity contribution is -0.117. The lowest BCUT2D eigenvalue weighted by Gasteiger charge is -2.22. The highest BCUT2D eigenvalue weighted by atomic mass is 35.5. The molecular formula is C36H32Cl2N4O3S. The van der Waals surface area contributed by atoms with Crippen molar-refractivity contribution in [3.63, 3.8) is 0 Å². The second-order valence-corrected chi connectivity index (χ2v) is 14.3. The molecule has 1 aliphatic heterocycles. The Bertz CT molecular complexity index is 1980. The van der Waals surface area contributed by atoms with Crippen molar-refractivity contribution in [1.29, 1.82) is 0 Å². The first kappa shape index (κ1) is 30.5. The van der Waals surface area contributed by atoms with Crippen molar-refractivity contribution >= 4 is 45.0 Å². The number of amides is 1. The first-order valence-corrected chi connectivity index (χ1v) is 17.6. The number of imidazole rings is 1. The van der Waals surface area contributed by atoms with Gasteiger partial charge in [-0.15, -0.1) is 0 Å². The lowest BCUT2D eigenvalue weighted by Crippen LogP contribution is -2.29. The number of carbonyl (C=O) groups is 1. The van der Waals surface area contributed by atoms with E-state index in [0.717, 1.165) is 26.9 Å². The first-order chi connectivity index (χ1) is 22.2. The highest BCUT2D eigenvalue weighted by molar-refractivity contribution is 7.92. The van der Waals surface area contributed by atoms with E-state index in [1.165, 1.54) is 43.2 Å². The van der Waals surface area contributed by atoms with E-state index in [2.05, 4.69) is 48.5 Å². The van der Waals surface area contributed by atoms with Crippen LogP contribution in [0.3, 0.4) is 0 Å². The summed E-state index contributed by atoms with van der Waals surface area (Å²) in [5, 5.41) is 0.989. The van der Waals surface area contributed by atoms with Gasteiger partial charge in [0, 0.05) is 23.9 Å². The maximum absolute atomic E-state index is 12.4. The van der Waals surface area contributed by atoms with E-state index in [1.54, 1.807) is 42.5 Å². The fourth-order valence-electron chi connectivity index (χ4n) is 6.47. The molecule has 1 saturated heterocycles. The second-order valence-electron chi connectivity index (χ2n) is 11.9. The molecule has 0 radical (unpaired) electrons. The summed E-state index contributed by atoms with van der Waals surface area (Å²) in [4.78, 5) is 16.7. The number of benzene rings is 4. The Labute approximate surface area is 279 Å². The van der Waals surface area contributed by atoms with E-state index in [1.807, 2.05) is 15.5 Å². The molecule has 0 atom stereocenters. The van der Waals surface area contributed by atoms with Crippen LogP contribution in [0.15, 0.2) is 97.2 Å². The summed E-state index contributed by atoms with van der Waals surface area (Å²) in [6, 6.07) is 29.9. The molecule has 46 heavy (non-hydrogen) atoms. The Hall–Kier alpha value is -4.11. The first-order valence-electron chi connectivity index (χ1n) is 15.4. The Morgan fingerprint density at radius 1 is 0.783 bits per heavy atom. The zero-order valence-corrected chi connectivity index (χ0v) is 27.3. The molecule has 0 unspecified atom stereocenters. The van der Waals surface area contributed by atoms with Crippen molar-refractivity contribution in [2.45, 2.75) is 44.4 Å². The van der Waals surface area contributed by atoms with E-state index in [4.69, 9.17) is 28.2 Å². The SMILES string of the molecule is O=C1CN(c2ccc(-n3cc(-c4c(Cl)cccc4Cl)nc3Cc3ccc(-c4ccc(C5CCCCC5)cc4)cc3)cc2)S(=O)(=O)N1. The maximum atomic E-state index is 12.4. The van der Waals surface area contributed by atoms with Gasteiger partial charge in [-0.2, -0.15) is 8.42 Å². The fraction of sp³-hybridized carbons (Fsp3) is 0.222. The van der Waals surface area contributed by atoms with Crippen molar-refractivity contribution in [2.75, 3.05) is 10.8 Å². The average molecular weight is 672 g/mol. The fourth-order valence-corrected chi connectivity index (χ4v) is 8.21. The molecule has 7 nitrogen and oxygen atoms in total. The van der Waals surface area contributed by atoms with Crippen LogP contribution < -0.4 is 9.03 Å². The van der Waals surface area contributed by atoms with Crippen LogP contribution in [0, 0.1) is 0 Å². The van der Waals surface area contributed by atoms with E-state index >= 15 is 0 Å². The van der Waals surface area contributed by atoms with Gasteiger partial charge < -0.3 is 4.57 Å². The molecule has 1 amide bonds. The van der Waals surface area contributed by atoms with Crippen LogP contribution in [0.25, 0.3) is 28.1 Å². The summed E-state index contributed by atoms with van der Waals surface area (Å²) in [6.45, 7) is -0.256. The van der Waals surface area contributed by atoms with Gasteiger partial charge in [0.2, 0.25) is 0 Å². The van der Waals surface area contributed by atoms with E-state index in [-0.39, 0.29) is 6.54 Å². The van der Waals surface area contributed by atoms with Gasteiger partial charge >= 0.3 is 10.2 Å². The van der Waals surface area contributed by atoms with Crippen LogP contribution in [0.2, 0.25) is 10.0 Å². The van der Waals surface area contributed by atoms with Gasteiger partial charge in [0.05, 0.1) is 21.4 Å². The number of anilines is 1. The van der Waals surface area contributed by atoms with Crippen LogP contribution >= 0.6 is 23.2 Å². The molecule has 1 aromatic heterocycles. The number of nitrogens with zero attached hydrogens (tertiary/aromatic N) is 3. The number of hydrogen-bond donors (Lipinski definition) is 1. The van der Waals surface area contributed by atoms with Gasteiger partial charge in [0.25, 0.3) is 5.91 Å². The molecule has 1 aliphatic carbocycles. The van der Waals surface area contributed by atoms with Crippen LogP contribution in [-0.4, -0.2) is 30.4 Å². The number of rotatable bonds is 7. The minimum Gasteiger partial charge on any atom is -0.303 e. The predicted molar refractivity (Wildman–Crippen MR) is 184 cm³/mol. The Kier molecular flexibility index (Phi) is 8.36. The van der Waals surface area contributed by atoms with Gasteiger partial charge in [-0.3, -0.25) is 4.79 Å². The van der Waals surface area contributed by atoms with Gasteiger partial charge in [0.1, 0.15) is 12.4 Å². The molecule has 4 aromatic carbocycles. The summed E-state index contributed by atoms with van der Waals surface area (Å²) in [7, 11) is -3.90. The summed E-state index contributed by atoms with van der Waals surface area (Å²) in [5.74, 6) is 0.879. The third-order valence-corrected chi connectivity index (χ3v) is 10.9. The molecule has 7 rings (SSSR count). The molecule has 10 heteroatoms. The third kappa shape index (κ3) is 6.17. The summed E-state index contributed by atoms with van der Waals surface area (Å²) in [6.07, 6.45) is 9.00. The summed E-state index contributed by atoms with van der Waals surface area (Å²) >= 11 is 13.1. The molecule has 234 valence electrons. The minimum atomic E-state index is -3.90. The Morgan fingerprint density at radius 2 is 1.39 bits per heavy atom. The number of hydrogen-bond acceptors (Lipinski definition) is 4. The maximum Gasteiger partial charge on any atom is 0.326 e. The van der Waals surface area contributed by atoms with Crippen LogP contribution in [0.5, 0.6) is 0 Å². The van der Waals surface area contributed by atoms with Crippen molar-refractivity contribution < 1.29 is 13.2 Å². The number of aromatic nitrogens is 2. The largest absolute Gasteiger partial charge is 0.326 e. The van der Waals surface area contributed by atoms with Crippen molar-refractivity contribution in [3.8, 4) is 28.1 Å². The summed E-state index contributed by atoms with van der Waals surface area (Å²) < 4.78 is 29.7. The van der Waals surface area contributed by atoms with E-state index in [0.29, 0.717) is 39.3 Å². The number of carbonyl (C=O) groups excluding carboxylic acids is 1. The second kappa shape index (κ2) is 12.6. The predicted octanol–water partition coefficient (Wildman–Crippen LogP) is 8.33. The average Bonchev–Trinajstić information content (AvgIpc) is 3.60. The molecule has 0 spiro atoms.